The van der Waals surface area contributed by atoms with Crippen LogP contribution in [0.3, 0.4) is 0 Å². The number of likely N-dealkylation sites (N-methyl/N-ethyl adjacent to an activating group) is 1. The van der Waals surface area contributed by atoms with Gasteiger partial charge in [-0.25, -0.2) is 0 Å². The van der Waals surface area contributed by atoms with Crippen LogP contribution in [0.15, 0.2) is 42.5 Å². The summed E-state index contributed by atoms with van der Waals surface area (Å²) in [7, 11) is 1.82. The second-order valence-electron chi connectivity index (χ2n) is 7.27. The molecule has 2 aromatic rings. The van der Waals surface area contributed by atoms with E-state index in [4.69, 9.17) is 11.6 Å². The van der Waals surface area contributed by atoms with Crippen LogP contribution in [0.2, 0.25) is 4.34 Å². The van der Waals surface area contributed by atoms with E-state index in [0.29, 0.717) is 26.2 Å². The predicted octanol–water partition coefficient (Wildman–Crippen LogP) is 2.29. The van der Waals surface area contributed by atoms with Gasteiger partial charge in [-0.05, 0) is 17.7 Å². The number of nitrogens with zero attached hydrogens (tertiary/aromatic N) is 3. The van der Waals surface area contributed by atoms with Crippen LogP contribution in [-0.4, -0.2) is 72.8 Å². The van der Waals surface area contributed by atoms with Gasteiger partial charge >= 0.3 is 0 Å². The fourth-order valence-corrected chi connectivity index (χ4v) is 4.37. The lowest BCUT2D eigenvalue weighted by Gasteiger charge is -2.34. The monoisotopic (exact) mass is 434 g/mol. The van der Waals surface area contributed by atoms with E-state index in [2.05, 4.69) is 15.1 Å². The molecule has 1 fully saturated rings. The maximum Gasteiger partial charge on any atom is 0.236 e. The van der Waals surface area contributed by atoms with Gasteiger partial charge in [0.15, 0.2) is 0 Å². The zero-order chi connectivity index (χ0) is 20.6. The van der Waals surface area contributed by atoms with Crippen LogP contribution >= 0.6 is 22.9 Å². The third-order valence-electron chi connectivity index (χ3n) is 4.97. The smallest absolute Gasteiger partial charge is 0.236 e. The van der Waals surface area contributed by atoms with Crippen molar-refractivity contribution in [1.29, 1.82) is 0 Å². The van der Waals surface area contributed by atoms with Crippen molar-refractivity contribution in [2.75, 3.05) is 46.3 Å². The van der Waals surface area contributed by atoms with Gasteiger partial charge in [-0.3, -0.25) is 19.4 Å². The summed E-state index contributed by atoms with van der Waals surface area (Å²) in [5.74, 6) is 0.135. The minimum absolute atomic E-state index is 0.0349. The molecule has 0 aliphatic carbocycles. The molecule has 29 heavy (non-hydrogen) atoms. The van der Waals surface area contributed by atoms with Gasteiger partial charge in [0, 0.05) is 44.6 Å². The summed E-state index contributed by atoms with van der Waals surface area (Å²) in [4.78, 5) is 31.8. The summed E-state index contributed by atoms with van der Waals surface area (Å²) in [6, 6.07) is 13.7. The quantitative estimate of drug-likeness (QED) is 0.692. The van der Waals surface area contributed by atoms with E-state index in [-0.39, 0.29) is 11.8 Å². The lowest BCUT2D eigenvalue weighted by atomic mass is 10.2. The molecule has 0 unspecified atom stereocenters. The number of rotatable bonds is 8. The topological polar surface area (TPSA) is 55.9 Å². The molecular formula is C21H27ClN4O2S. The van der Waals surface area contributed by atoms with Crippen molar-refractivity contribution in [2.45, 2.75) is 13.1 Å². The van der Waals surface area contributed by atoms with Gasteiger partial charge < -0.3 is 10.2 Å². The van der Waals surface area contributed by atoms with E-state index in [0.717, 1.165) is 41.0 Å². The molecule has 3 rings (SSSR count). The van der Waals surface area contributed by atoms with Crippen LogP contribution in [0.25, 0.3) is 0 Å². The highest BCUT2D eigenvalue weighted by atomic mass is 35.5. The van der Waals surface area contributed by atoms with Crippen LogP contribution in [0.1, 0.15) is 10.4 Å². The summed E-state index contributed by atoms with van der Waals surface area (Å²) in [6.07, 6.45) is 0. The average Bonchev–Trinajstić information content (AvgIpc) is 3.13. The minimum atomic E-state index is 0.0349. The highest BCUT2D eigenvalue weighted by Crippen LogP contribution is 2.22. The molecule has 1 N–H and O–H groups in total. The number of carbonyl (C=O) groups excluding carboxylic acids is 2. The lowest BCUT2D eigenvalue weighted by molar-refractivity contribution is -0.132. The third-order valence-corrected chi connectivity index (χ3v) is 6.19. The lowest BCUT2D eigenvalue weighted by Crippen LogP contribution is -2.51. The van der Waals surface area contributed by atoms with Gasteiger partial charge in [0.1, 0.15) is 0 Å². The van der Waals surface area contributed by atoms with E-state index in [9.17, 15) is 9.59 Å². The number of hydrogen-bond donors (Lipinski definition) is 1. The molecule has 1 aliphatic rings. The molecule has 1 saturated heterocycles. The Morgan fingerprint density at radius 2 is 1.69 bits per heavy atom. The number of halogens is 1. The maximum absolute atomic E-state index is 12.5. The normalized spacial score (nSPS) is 15.2. The van der Waals surface area contributed by atoms with E-state index in [1.165, 1.54) is 11.3 Å². The largest absolute Gasteiger partial charge is 0.351 e. The summed E-state index contributed by atoms with van der Waals surface area (Å²) in [5.41, 5.74) is 1.10. The van der Waals surface area contributed by atoms with Crippen molar-refractivity contribution in [2.24, 2.45) is 0 Å². The van der Waals surface area contributed by atoms with Crippen molar-refractivity contribution in [3.05, 3.63) is 57.2 Å². The van der Waals surface area contributed by atoms with Crippen molar-refractivity contribution >= 4 is 34.8 Å². The van der Waals surface area contributed by atoms with Crippen molar-refractivity contribution in [3.8, 4) is 0 Å². The van der Waals surface area contributed by atoms with Crippen LogP contribution in [0.5, 0.6) is 0 Å². The number of thiophene rings is 1. The molecule has 8 heteroatoms. The van der Waals surface area contributed by atoms with E-state index >= 15 is 0 Å². The van der Waals surface area contributed by atoms with Crippen LogP contribution in [0.4, 0.5) is 0 Å². The van der Waals surface area contributed by atoms with Crippen molar-refractivity contribution < 1.29 is 9.59 Å². The molecule has 0 bridgehead atoms. The molecule has 156 valence electrons. The van der Waals surface area contributed by atoms with Gasteiger partial charge in [-0.2, -0.15) is 0 Å². The molecule has 1 aromatic heterocycles. The number of carbonyl (C=O) groups is 2. The fourth-order valence-electron chi connectivity index (χ4n) is 3.23. The number of amides is 2. The summed E-state index contributed by atoms with van der Waals surface area (Å²) in [6.45, 7) is 5.09. The zero-order valence-corrected chi connectivity index (χ0v) is 18.2. The highest BCUT2D eigenvalue weighted by molar-refractivity contribution is 7.16. The molecule has 0 atom stereocenters. The molecule has 0 saturated carbocycles. The second-order valence-corrected chi connectivity index (χ2v) is 9.07. The Morgan fingerprint density at radius 1 is 1.03 bits per heavy atom. The highest BCUT2D eigenvalue weighted by Gasteiger charge is 2.22. The van der Waals surface area contributed by atoms with E-state index in [1.807, 2.05) is 49.5 Å². The zero-order valence-electron chi connectivity index (χ0n) is 16.6. The Labute approximate surface area is 181 Å². The summed E-state index contributed by atoms with van der Waals surface area (Å²) < 4.78 is 0.741. The Hall–Kier alpha value is -1.93. The first-order valence-electron chi connectivity index (χ1n) is 9.73. The van der Waals surface area contributed by atoms with E-state index < -0.39 is 0 Å². The number of benzene rings is 1. The van der Waals surface area contributed by atoms with Gasteiger partial charge in [-0.1, -0.05) is 41.9 Å². The summed E-state index contributed by atoms with van der Waals surface area (Å²) >= 11 is 7.45. The molecule has 0 spiro atoms. The Bertz CT molecular complexity index is 806. The number of hydrogen-bond acceptors (Lipinski definition) is 5. The SMILES string of the molecule is CN(Cc1ccc(Cl)s1)C(=O)CN1CCN(CC(=O)NCc2ccccc2)CC1. The third kappa shape index (κ3) is 7.12. The number of nitrogens with one attached hydrogen (secondary N) is 1. The van der Waals surface area contributed by atoms with Gasteiger partial charge in [0.2, 0.25) is 11.8 Å². The maximum atomic E-state index is 12.5. The van der Waals surface area contributed by atoms with Crippen LogP contribution in [-0.2, 0) is 22.7 Å². The second kappa shape index (κ2) is 10.7. The molecule has 2 amide bonds. The Morgan fingerprint density at radius 3 is 2.31 bits per heavy atom. The van der Waals surface area contributed by atoms with Crippen molar-refractivity contribution in [1.82, 2.24) is 20.0 Å². The molecular weight excluding hydrogens is 408 g/mol. The summed E-state index contributed by atoms with van der Waals surface area (Å²) in [5, 5.41) is 2.97. The van der Waals surface area contributed by atoms with Gasteiger partial charge in [-0.15, -0.1) is 11.3 Å². The average molecular weight is 435 g/mol. The van der Waals surface area contributed by atoms with Gasteiger partial charge in [0.05, 0.1) is 24.0 Å². The Balaban J connectivity index is 1.34. The molecule has 0 radical (unpaired) electrons. The van der Waals surface area contributed by atoms with Crippen molar-refractivity contribution in [3.63, 3.8) is 0 Å². The predicted molar refractivity (Wildman–Crippen MR) is 117 cm³/mol. The van der Waals surface area contributed by atoms with E-state index in [1.54, 1.807) is 4.90 Å². The molecule has 1 aliphatic heterocycles. The van der Waals surface area contributed by atoms with Crippen LogP contribution in [0, 0.1) is 0 Å². The first kappa shape index (κ1) is 21.8. The minimum Gasteiger partial charge on any atom is -0.351 e. The Kier molecular flexibility index (Phi) is 8.06. The fraction of sp³-hybridized carbons (Fsp3) is 0.429. The first-order valence-corrected chi connectivity index (χ1v) is 10.9. The van der Waals surface area contributed by atoms with Gasteiger partial charge in [0.25, 0.3) is 0 Å². The molecule has 2 heterocycles. The standard InChI is InChI=1S/C21H27ClN4O2S/c1-24(14-18-7-8-19(22)29-18)21(28)16-26-11-9-25(10-12-26)15-20(27)23-13-17-5-3-2-4-6-17/h2-8H,9-16H2,1H3,(H,23,27). The first-order chi connectivity index (χ1) is 14.0. The molecule has 1 aromatic carbocycles. The van der Waals surface area contributed by atoms with Crippen LogP contribution < -0.4 is 5.32 Å². The number of piperazine rings is 1. The molecule has 6 nitrogen and oxygen atoms in total.